The molecule has 0 saturated carbocycles. The standard InChI is InChI=1S/C19H21F2N5O2.C14H13F2N5/c1-18(2,28-17(23)27)7-12-8-19(20,21)11-26(10-12)14-4-3-13(9-22)15-16(14)25-6-5-24-15;15-14(16)5-10(18)7-21(8-14)11-2-1-9(6-17)12-13(11)20-4-3-19-12/h3-6,12H,7-8,10-11H2,1-2H3,(H2,23,27);1-4,10H,5,7-8,18H2/t;10-/m.1/s1. The van der Waals surface area contributed by atoms with E-state index >= 15 is 0 Å². The Balaban J connectivity index is 0.000000199. The lowest BCUT2D eigenvalue weighted by Gasteiger charge is -2.41. The second-order valence-electron chi connectivity index (χ2n) is 12.9. The molecule has 4 aromatic rings. The molecule has 2 aliphatic rings. The second kappa shape index (κ2) is 13.6. The Hall–Kier alpha value is -5.35. The molecule has 1 amide bonds. The summed E-state index contributed by atoms with van der Waals surface area (Å²) >= 11 is 0. The van der Waals surface area contributed by atoms with Gasteiger partial charge in [0.05, 0.1) is 35.6 Å². The third-order valence-electron chi connectivity index (χ3n) is 8.21. The Bertz CT molecular complexity index is 1940. The molecule has 0 spiro atoms. The number of alkyl halides is 4. The Morgan fingerprint density at radius 1 is 0.837 bits per heavy atom. The van der Waals surface area contributed by atoms with Gasteiger partial charge in [-0.05, 0) is 50.5 Å². The van der Waals surface area contributed by atoms with Gasteiger partial charge in [-0.1, -0.05) is 0 Å². The van der Waals surface area contributed by atoms with Gasteiger partial charge in [0.15, 0.2) is 0 Å². The number of nitriles is 2. The van der Waals surface area contributed by atoms with Crippen LogP contribution in [-0.2, 0) is 4.74 Å². The number of carbonyl (C=O) groups excluding carboxylic acids is 1. The fraction of sp³-hybridized carbons (Fsp3) is 0.424. The number of amides is 1. The lowest BCUT2D eigenvalue weighted by molar-refractivity contribution is -0.0459. The van der Waals surface area contributed by atoms with Crippen LogP contribution in [0.25, 0.3) is 22.1 Å². The Morgan fingerprint density at radius 3 is 1.73 bits per heavy atom. The highest BCUT2D eigenvalue weighted by molar-refractivity contribution is 5.93. The number of rotatable bonds is 5. The van der Waals surface area contributed by atoms with E-state index in [4.69, 9.17) is 21.5 Å². The molecule has 4 N–H and O–H groups in total. The summed E-state index contributed by atoms with van der Waals surface area (Å²) in [4.78, 5) is 30.9. The van der Waals surface area contributed by atoms with Crippen LogP contribution in [-0.4, -0.2) is 75.7 Å². The first-order chi connectivity index (χ1) is 23.1. The van der Waals surface area contributed by atoms with Crippen molar-refractivity contribution in [3.05, 3.63) is 60.2 Å². The summed E-state index contributed by atoms with van der Waals surface area (Å²) in [6.07, 6.45) is 4.57. The molecule has 2 aliphatic heterocycles. The summed E-state index contributed by atoms with van der Waals surface area (Å²) in [5, 5.41) is 18.3. The van der Waals surface area contributed by atoms with E-state index in [0.29, 0.717) is 57.7 Å². The van der Waals surface area contributed by atoms with Gasteiger partial charge in [-0.3, -0.25) is 19.9 Å². The molecule has 0 radical (unpaired) electrons. The van der Waals surface area contributed by atoms with Crippen molar-refractivity contribution in [1.82, 2.24) is 19.9 Å². The minimum atomic E-state index is -2.92. The fourth-order valence-electron chi connectivity index (χ4n) is 6.64. The fourth-order valence-corrected chi connectivity index (χ4v) is 6.64. The topological polar surface area (TPSA) is 184 Å². The molecule has 16 heteroatoms. The molecule has 2 aromatic heterocycles. The van der Waals surface area contributed by atoms with Crippen molar-refractivity contribution in [3.63, 3.8) is 0 Å². The third kappa shape index (κ3) is 8.21. The molecular formula is C33H34F4N10O2. The average molecular weight is 679 g/mol. The molecule has 0 bridgehead atoms. The van der Waals surface area contributed by atoms with Gasteiger partial charge in [-0.2, -0.15) is 10.5 Å². The number of aromatic nitrogens is 4. The van der Waals surface area contributed by atoms with Gasteiger partial charge in [-0.25, -0.2) is 22.4 Å². The van der Waals surface area contributed by atoms with Crippen molar-refractivity contribution in [2.75, 3.05) is 36.0 Å². The summed E-state index contributed by atoms with van der Waals surface area (Å²) in [6.45, 7) is 3.09. The van der Waals surface area contributed by atoms with Crippen LogP contribution in [0.3, 0.4) is 0 Å². The van der Waals surface area contributed by atoms with Crippen LogP contribution in [0.1, 0.15) is 44.2 Å². The molecule has 1 unspecified atom stereocenters. The van der Waals surface area contributed by atoms with E-state index in [9.17, 15) is 27.6 Å². The number of benzene rings is 2. The molecular weight excluding hydrogens is 644 g/mol. The molecule has 12 nitrogen and oxygen atoms in total. The smallest absolute Gasteiger partial charge is 0.405 e. The van der Waals surface area contributed by atoms with Gasteiger partial charge in [0.2, 0.25) is 0 Å². The van der Waals surface area contributed by atoms with Crippen LogP contribution in [0, 0.1) is 28.6 Å². The van der Waals surface area contributed by atoms with Crippen LogP contribution in [0.15, 0.2) is 49.1 Å². The van der Waals surface area contributed by atoms with Gasteiger partial charge in [0.1, 0.15) is 39.8 Å². The van der Waals surface area contributed by atoms with Crippen molar-refractivity contribution >= 4 is 39.5 Å². The van der Waals surface area contributed by atoms with Crippen LogP contribution >= 0.6 is 0 Å². The number of anilines is 2. The Morgan fingerprint density at radius 2 is 1.29 bits per heavy atom. The molecule has 49 heavy (non-hydrogen) atoms. The number of ether oxygens (including phenoxy) is 1. The number of carbonyl (C=O) groups is 1. The van der Waals surface area contributed by atoms with E-state index in [2.05, 4.69) is 19.9 Å². The highest BCUT2D eigenvalue weighted by atomic mass is 19.3. The highest BCUT2D eigenvalue weighted by Gasteiger charge is 2.43. The lowest BCUT2D eigenvalue weighted by atomic mass is 9.85. The van der Waals surface area contributed by atoms with Crippen molar-refractivity contribution in [2.24, 2.45) is 17.4 Å². The predicted octanol–water partition coefficient (Wildman–Crippen LogP) is 4.90. The van der Waals surface area contributed by atoms with Crippen molar-refractivity contribution in [2.45, 2.75) is 56.6 Å². The molecule has 0 aliphatic carbocycles. The maximum atomic E-state index is 14.5. The normalized spacial score (nSPS) is 20.1. The van der Waals surface area contributed by atoms with Gasteiger partial charge in [0.25, 0.3) is 11.8 Å². The van der Waals surface area contributed by atoms with Crippen LogP contribution < -0.4 is 21.3 Å². The summed E-state index contributed by atoms with van der Waals surface area (Å²) in [5.41, 5.74) is 13.2. The Kier molecular flexibility index (Phi) is 9.73. The zero-order chi connectivity index (χ0) is 35.6. The zero-order valence-electron chi connectivity index (χ0n) is 26.8. The van der Waals surface area contributed by atoms with Gasteiger partial charge < -0.3 is 26.0 Å². The first-order valence-corrected chi connectivity index (χ1v) is 15.4. The third-order valence-corrected chi connectivity index (χ3v) is 8.21. The first-order valence-electron chi connectivity index (χ1n) is 15.4. The van der Waals surface area contributed by atoms with Crippen LogP contribution in [0.2, 0.25) is 0 Å². The van der Waals surface area contributed by atoms with Crippen LogP contribution in [0.4, 0.5) is 33.7 Å². The number of hydrogen-bond acceptors (Lipinski definition) is 11. The predicted molar refractivity (Wildman–Crippen MR) is 173 cm³/mol. The molecule has 2 atom stereocenters. The molecule has 256 valence electrons. The zero-order valence-corrected chi connectivity index (χ0v) is 26.8. The van der Waals surface area contributed by atoms with Crippen LogP contribution in [0.5, 0.6) is 0 Å². The molecule has 2 fully saturated rings. The quantitative estimate of drug-likeness (QED) is 0.274. The summed E-state index contributed by atoms with van der Waals surface area (Å²) in [6, 6.07) is 9.87. The summed E-state index contributed by atoms with van der Waals surface area (Å²) in [7, 11) is 0. The number of fused-ring (bicyclic) bond motifs is 2. The van der Waals surface area contributed by atoms with E-state index in [-0.39, 0.29) is 19.3 Å². The second-order valence-corrected chi connectivity index (χ2v) is 12.9. The highest BCUT2D eigenvalue weighted by Crippen LogP contribution is 2.39. The van der Waals surface area contributed by atoms with E-state index in [1.807, 2.05) is 12.1 Å². The monoisotopic (exact) mass is 678 g/mol. The van der Waals surface area contributed by atoms with Crippen molar-refractivity contribution in [1.29, 1.82) is 10.5 Å². The minimum Gasteiger partial charge on any atom is -0.444 e. The lowest BCUT2D eigenvalue weighted by Crippen LogP contribution is -2.52. The van der Waals surface area contributed by atoms with E-state index in [0.717, 1.165) is 0 Å². The number of primary amides is 1. The number of nitrogens with zero attached hydrogens (tertiary/aromatic N) is 8. The van der Waals surface area contributed by atoms with Gasteiger partial charge in [0, 0.05) is 56.8 Å². The van der Waals surface area contributed by atoms with E-state index in [1.165, 1.54) is 29.7 Å². The Labute approximate surface area is 279 Å². The summed E-state index contributed by atoms with van der Waals surface area (Å²) < 4.78 is 61.5. The summed E-state index contributed by atoms with van der Waals surface area (Å²) in [5.74, 6) is -6.19. The number of halogens is 4. The van der Waals surface area contributed by atoms with Gasteiger partial charge in [-0.15, -0.1) is 0 Å². The number of nitrogens with two attached hydrogens (primary N) is 2. The van der Waals surface area contributed by atoms with Gasteiger partial charge >= 0.3 is 6.09 Å². The molecule has 4 heterocycles. The molecule has 2 aromatic carbocycles. The number of hydrogen-bond donors (Lipinski definition) is 2. The number of piperidine rings is 2. The maximum Gasteiger partial charge on any atom is 0.405 e. The molecule has 6 rings (SSSR count). The van der Waals surface area contributed by atoms with Crippen molar-refractivity contribution < 1.29 is 27.1 Å². The van der Waals surface area contributed by atoms with Crippen molar-refractivity contribution in [3.8, 4) is 12.1 Å². The average Bonchev–Trinajstić information content (AvgIpc) is 3.01. The first kappa shape index (κ1) is 35.0. The SMILES string of the molecule is CC(C)(CC1CN(c2ccc(C#N)c3nccnc23)CC(F)(F)C1)OC(N)=O.N#Cc1ccc(N2C[C@H](N)CC(F)(F)C2)c2nccnc12. The van der Waals surface area contributed by atoms with E-state index in [1.54, 1.807) is 43.0 Å². The maximum absolute atomic E-state index is 14.5. The molecule has 2 saturated heterocycles. The largest absolute Gasteiger partial charge is 0.444 e. The van der Waals surface area contributed by atoms with E-state index < -0.39 is 48.6 Å². The minimum absolute atomic E-state index is 0.238.